The van der Waals surface area contributed by atoms with Crippen molar-refractivity contribution in [3.63, 3.8) is 0 Å². The van der Waals surface area contributed by atoms with Gasteiger partial charge in [0.25, 0.3) is 0 Å². The van der Waals surface area contributed by atoms with Crippen LogP contribution in [0.2, 0.25) is 0 Å². The Hall–Kier alpha value is -9.09. The summed E-state index contributed by atoms with van der Waals surface area (Å²) in [5.41, 5.74) is 4.66. The Labute approximate surface area is 627 Å². The van der Waals surface area contributed by atoms with E-state index in [0.717, 1.165) is 43.2 Å². The van der Waals surface area contributed by atoms with Crippen LogP contribution in [-0.2, 0) is 58.6 Å². The highest BCUT2D eigenvalue weighted by molar-refractivity contribution is 7.85. The topological polar surface area (TPSA) is 263 Å². The van der Waals surface area contributed by atoms with E-state index in [2.05, 4.69) is 123 Å². The molecule has 3 heterocycles. The van der Waals surface area contributed by atoms with Crippen molar-refractivity contribution < 1.29 is 93.6 Å². The van der Waals surface area contributed by atoms with Crippen molar-refractivity contribution in [1.82, 2.24) is 0 Å². The molecule has 17 nitrogen and oxygen atoms in total. The number of carbonyl (C=O) groups excluding carboxylic acids is 7. The number of rotatable bonds is 18. The minimum absolute atomic E-state index is 0.0207. The highest BCUT2D eigenvalue weighted by atomic mass is 32.2. The summed E-state index contributed by atoms with van der Waals surface area (Å²) < 4.78 is 99.6. The predicted octanol–water partition coefficient (Wildman–Crippen LogP) is 18.0. The molecular weight excluding hydrogens is 1410 g/mol. The summed E-state index contributed by atoms with van der Waals surface area (Å²) in [6.45, 7) is 24.3. The van der Waals surface area contributed by atoms with Gasteiger partial charge in [0, 0.05) is 61.8 Å². The number of carbonyl (C=O) groups is 7. The minimum atomic E-state index is -5.36. The summed E-state index contributed by atoms with van der Waals surface area (Å²) >= 11 is 0. The number of halogens is 3. The second kappa shape index (κ2) is 36.2. The number of aromatic hydroxyl groups is 1. The van der Waals surface area contributed by atoms with Crippen LogP contribution in [0.3, 0.4) is 0 Å². The average molecular weight is 1510 g/mol. The number of hydrogen-bond acceptors (Lipinski definition) is 17. The number of benzene rings is 7. The van der Waals surface area contributed by atoms with Crippen LogP contribution in [0.4, 0.5) is 13.2 Å². The molecule has 12 atom stereocenters. The van der Waals surface area contributed by atoms with Crippen molar-refractivity contribution in [3.8, 4) is 16.4 Å². The first kappa shape index (κ1) is 83.5. The molecule has 12 unspecified atom stereocenters. The Morgan fingerprint density at radius 3 is 1.71 bits per heavy atom. The Morgan fingerprint density at radius 2 is 1.21 bits per heavy atom. The van der Waals surface area contributed by atoms with Gasteiger partial charge in [-0.3, -0.25) is 33.6 Å². The zero-order valence-electron chi connectivity index (χ0n) is 62.6. The molecule has 2 saturated heterocycles. The Balaban J connectivity index is 0.000000168. The molecule has 13 rings (SSSR count). The van der Waals surface area contributed by atoms with Crippen molar-refractivity contribution >= 4 is 82.2 Å². The lowest BCUT2D eigenvalue weighted by atomic mass is 9.78. The summed E-state index contributed by atoms with van der Waals surface area (Å²) in [5.74, 6) is -7.43. The van der Waals surface area contributed by atoms with Crippen LogP contribution in [0.1, 0.15) is 195 Å². The summed E-state index contributed by atoms with van der Waals surface area (Å²) in [7, 11) is -5.30. The van der Waals surface area contributed by atoms with E-state index >= 15 is 0 Å². The Kier molecular flexibility index (Phi) is 28.3. The van der Waals surface area contributed by atoms with Gasteiger partial charge in [-0.15, -0.1) is 0 Å². The highest BCUT2D eigenvalue weighted by Crippen LogP contribution is 2.59. The van der Waals surface area contributed by atoms with E-state index < -0.39 is 87.5 Å². The van der Waals surface area contributed by atoms with E-state index in [-0.39, 0.29) is 69.8 Å². The normalized spacial score (nSPS) is 20.8. The van der Waals surface area contributed by atoms with Crippen LogP contribution < -0.4 is 4.74 Å². The van der Waals surface area contributed by atoms with Gasteiger partial charge in [0.15, 0.2) is 25.9 Å². The lowest BCUT2D eigenvalue weighted by Gasteiger charge is -2.31. The lowest BCUT2D eigenvalue weighted by Crippen LogP contribution is -2.47. The molecule has 22 heteroatoms. The predicted molar refractivity (Wildman–Crippen MR) is 404 cm³/mol. The van der Waals surface area contributed by atoms with E-state index in [1.807, 2.05) is 79.7 Å². The molecule has 7 aromatic carbocycles. The number of alkyl halides is 3. The molecule has 2 saturated carbocycles. The quantitative estimate of drug-likeness (QED) is 0.0266. The van der Waals surface area contributed by atoms with Gasteiger partial charge in [0.2, 0.25) is 6.10 Å². The third-order valence-corrected chi connectivity index (χ3v) is 24.0. The minimum Gasteiger partial charge on any atom is -0.748 e. The van der Waals surface area contributed by atoms with Gasteiger partial charge in [-0.25, -0.2) is 8.42 Å². The van der Waals surface area contributed by atoms with Crippen LogP contribution in [0.5, 0.6) is 11.5 Å². The number of hydrogen-bond donors (Lipinski definition) is 2. The fourth-order valence-electron chi connectivity index (χ4n) is 13.3. The molecule has 572 valence electrons. The highest BCUT2D eigenvalue weighted by Gasteiger charge is 2.70. The monoisotopic (exact) mass is 1510 g/mol. The maximum atomic E-state index is 13.1. The molecule has 2 N–H and O–H groups in total. The molecular formula is C85H97F3O17S2. The van der Waals surface area contributed by atoms with Crippen molar-refractivity contribution in [2.45, 2.75) is 176 Å². The van der Waals surface area contributed by atoms with E-state index in [0.29, 0.717) is 52.9 Å². The third-order valence-electron chi connectivity index (χ3n) is 20.9. The molecule has 0 amide bonds. The molecule has 4 fully saturated rings. The number of phenols is 1. The summed E-state index contributed by atoms with van der Waals surface area (Å²) in [6.07, 6.45) is -4.54. The number of aliphatic hydroxyl groups is 1. The van der Waals surface area contributed by atoms with Gasteiger partial charge in [0.05, 0.1) is 51.2 Å². The molecule has 5 aliphatic rings. The smallest absolute Gasteiger partial charge is 0.426 e. The van der Waals surface area contributed by atoms with Crippen LogP contribution in [-0.4, -0.2) is 101 Å². The number of ether oxygens (including phenoxy) is 5. The van der Waals surface area contributed by atoms with Gasteiger partial charge in [-0.05, 0) is 160 Å². The van der Waals surface area contributed by atoms with Crippen LogP contribution in [0.25, 0.3) is 25.1 Å². The lowest BCUT2D eigenvalue weighted by molar-refractivity contribution is -0.220. The van der Waals surface area contributed by atoms with Gasteiger partial charge < -0.3 is 38.5 Å². The standard InChI is InChI=1S/C18H23F3O9S.C18H16O2.C18H13S.C13H20O.C11H14O3.C7H12O2/c1-3-7(2)4-11(22)29-14-8-5-9-13(17(24)30-15(9)14)12(8)16(23)28-10(18(19,20)21)6-31(25,26)27;1-3-11(2)12-8-9-15-16(10-12)18(20)14-7-5-4-6-13(14)17(15)19;1-2-8-14(9-3-1)19-17-12-6-4-10-15(17)16-11-5-7-13-18(16)19;1-5-10(2)11-6-8-12(9-7-11)13(3,4)14;1-3-8(2)11(13)14-10-6-4-9(12)5-7-10;1-3-7(2)4-5-9-6(7)8/h7-10,12-15H,3-6H2,1-2H3,(H,25,26,27);4-11H,3H2,1-2H3;1-13H;6-10,14H,5H2,1-4H3;4-8,12H,3H2,1-2H3;3-5H2,1-2H3/q;;+1;;;/p-1. The van der Waals surface area contributed by atoms with Crippen molar-refractivity contribution in [1.29, 1.82) is 0 Å². The first-order valence-electron chi connectivity index (χ1n) is 36.5. The Morgan fingerprint density at radius 1 is 0.673 bits per heavy atom. The van der Waals surface area contributed by atoms with Crippen LogP contribution in [0, 0.1) is 40.9 Å². The molecule has 1 aromatic heterocycles. The largest absolute Gasteiger partial charge is 0.748 e. The first-order valence-corrected chi connectivity index (χ1v) is 39.3. The molecule has 0 radical (unpaired) electrons. The third kappa shape index (κ3) is 20.6. The summed E-state index contributed by atoms with van der Waals surface area (Å²) in [5, 5.41) is 21.6. The molecule has 0 spiro atoms. The van der Waals surface area contributed by atoms with E-state index in [4.69, 9.17) is 24.1 Å². The van der Waals surface area contributed by atoms with Crippen molar-refractivity contribution in [2.75, 3.05) is 12.4 Å². The number of cyclic esters (lactones) is 1. The maximum absolute atomic E-state index is 13.1. The molecule has 2 aliphatic heterocycles. The van der Waals surface area contributed by atoms with E-state index in [1.54, 1.807) is 42.5 Å². The van der Waals surface area contributed by atoms with Crippen molar-refractivity contribution in [2.24, 2.45) is 40.9 Å². The van der Waals surface area contributed by atoms with Gasteiger partial charge >= 0.3 is 36.0 Å². The van der Waals surface area contributed by atoms with Crippen LogP contribution >= 0.6 is 10.5 Å². The number of esters is 5. The summed E-state index contributed by atoms with van der Waals surface area (Å²) in [4.78, 5) is 85.7. The molecule has 8 aromatic rings. The second-order valence-corrected chi connectivity index (χ2v) is 32.2. The maximum Gasteiger partial charge on any atom is 0.426 e. The number of ketones is 2. The fourth-order valence-corrected chi connectivity index (χ4v) is 16.4. The average Bonchev–Trinajstić information content (AvgIpc) is 1.55. The van der Waals surface area contributed by atoms with Gasteiger partial charge in [0.1, 0.15) is 23.7 Å². The van der Waals surface area contributed by atoms with Crippen molar-refractivity contribution in [3.05, 3.63) is 209 Å². The number of thiophene rings is 1. The summed E-state index contributed by atoms with van der Waals surface area (Å²) in [6, 6.07) is 55.5. The van der Waals surface area contributed by atoms with Gasteiger partial charge in [-0.2, -0.15) is 13.2 Å². The Bertz CT molecular complexity index is 4490. The SMILES string of the molecule is CCC(C)C(=O)Oc1ccc(O)cc1.CCC(C)CC(=O)OC1C2CC3C1OC(=O)C3C2C(=O)OC(CS(=O)(=O)[O-])C(F)(F)F.CCC(C)c1ccc(C(C)(C)O)cc1.CCC(C)c1ccc2c(c1)C(=O)c1ccccc1C2=O.CCC1(C)CCOC1=O.c1ccc(-[s+]2c3ccccc3c3ccccc32)cc1. The molecule has 107 heavy (non-hydrogen) atoms. The van der Waals surface area contributed by atoms with E-state index in [1.165, 1.54) is 42.8 Å². The fraction of sp³-hybridized carbons (Fsp3) is 0.424. The van der Waals surface area contributed by atoms with Gasteiger partial charge in [-0.1, -0.05) is 172 Å². The number of fused-ring (bicyclic) bond motifs is 6. The number of phenolic OH excluding ortho intramolecular Hbond substituents is 1. The molecule has 3 aliphatic carbocycles. The van der Waals surface area contributed by atoms with E-state index in [9.17, 15) is 64.8 Å². The zero-order valence-corrected chi connectivity index (χ0v) is 64.2. The molecule has 2 bridgehead atoms. The van der Waals surface area contributed by atoms with Crippen LogP contribution in [0.15, 0.2) is 170 Å². The zero-order chi connectivity index (χ0) is 78.5. The first-order chi connectivity index (χ1) is 50.6. The second-order valence-electron chi connectivity index (χ2n) is 28.8.